The van der Waals surface area contributed by atoms with Gasteiger partial charge in [0.2, 0.25) is 0 Å². The average Bonchev–Trinajstić information content (AvgIpc) is 2.68. The molecule has 1 heterocycles. The fourth-order valence-corrected chi connectivity index (χ4v) is 2.92. The van der Waals surface area contributed by atoms with Gasteiger partial charge in [-0.25, -0.2) is 0 Å². The normalized spacial score (nSPS) is 16.7. The van der Waals surface area contributed by atoms with Crippen LogP contribution in [0.3, 0.4) is 0 Å². The molecule has 2 amide bonds. The predicted octanol–water partition coefficient (Wildman–Crippen LogP) is 3.22. The van der Waals surface area contributed by atoms with Gasteiger partial charge in [0, 0.05) is 25.4 Å². The molecule has 1 aromatic rings. The highest BCUT2D eigenvalue weighted by Gasteiger charge is 2.31. The third-order valence-electron chi connectivity index (χ3n) is 4.80. The Morgan fingerprint density at radius 2 is 1.77 bits per heavy atom. The molecule has 6 nitrogen and oxygen atoms in total. The summed E-state index contributed by atoms with van der Waals surface area (Å²) >= 11 is 0. The van der Waals surface area contributed by atoms with Crippen molar-refractivity contribution in [3.8, 4) is 5.75 Å². The number of piperidine rings is 1. The Kier molecular flexibility index (Phi) is 7.45. The van der Waals surface area contributed by atoms with Crippen LogP contribution in [0.4, 0.5) is 5.69 Å². The number of anilines is 1. The Bertz CT molecular complexity index is 596. The summed E-state index contributed by atoms with van der Waals surface area (Å²) in [5.74, 6) is 0.463. The Hall–Kier alpha value is -2.08. The maximum Gasteiger partial charge on any atom is 0.260 e. The topological polar surface area (TPSA) is 67.9 Å². The van der Waals surface area contributed by atoms with E-state index >= 15 is 0 Å². The van der Waals surface area contributed by atoms with Crippen LogP contribution in [0.5, 0.6) is 5.75 Å². The minimum Gasteiger partial charge on any atom is -0.484 e. The van der Waals surface area contributed by atoms with Crippen molar-refractivity contribution in [3.05, 3.63) is 24.3 Å². The summed E-state index contributed by atoms with van der Waals surface area (Å²) in [6, 6.07) is 7.04. The summed E-state index contributed by atoms with van der Waals surface area (Å²) < 4.78 is 11.2. The zero-order valence-corrected chi connectivity index (χ0v) is 16.0. The molecule has 0 radical (unpaired) electrons. The molecule has 6 heteroatoms. The lowest BCUT2D eigenvalue weighted by atomic mass is 10.0. The van der Waals surface area contributed by atoms with Crippen LogP contribution in [-0.4, -0.2) is 48.6 Å². The van der Waals surface area contributed by atoms with Crippen LogP contribution in [0, 0.1) is 0 Å². The fraction of sp³-hybridized carbons (Fsp3) is 0.600. The van der Waals surface area contributed by atoms with Gasteiger partial charge < -0.3 is 19.7 Å². The van der Waals surface area contributed by atoms with E-state index in [9.17, 15) is 9.59 Å². The lowest BCUT2D eigenvalue weighted by Gasteiger charge is -2.27. The number of nitrogens with zero attached hydrogens (tertiary/aromatic N) is 1. The first kappa shape index (κ1) is 20.2. The van der Waals surface area contributed by atoms with Crippen LogP contribution < -0.4 is 10.1 Å². The monoisotopic (exact) mass is 362 g/mol. The second kappa shape index (κ2) is 9.57. The zero-order chi connectivity index (χ0) is 19.0. The van der Waals surface area contributed by atoms with Crippen molar-refractivity contribution in [2.75, 3.05) is 31.6 Å². The van der Waals surface area contributed by atoms with E-state index in [1.54, 1.807) is 31.2 Å². The molecule has 1 saturated heterocycles. The molecule has 1 N–H and O–H groups in total. The Morgan fingerprint density at radius 3 is 2.35 bits per heavy atom. The molecule has 1 aromatic carbocycles. The van der Waals surface area contributed by atoms with Crippen molar-refractivity contribution in [3.63, 3.8) is 0 Å². The first-order chi connectivity index (χ1) is 12.5. The smallest absolute Gasteiger partial charge is 0.260 e. The lowest BCUT2D eigenvalue weighted by molar-refractivity contribution is -0.139. The summed E-state index contributed by atoms with van der Waals surface area (Å²) in [6.45, 7) is 7.76. The quantitative estimate of drug-likeness (QED) is 0.771. The summed E-state index contributed by atoms with van der Waals surface area (Å²) in [6.07, 6.45) is 3.92. The Labute approximate surface area is 155 Å². The number of hydrogen-bond donors (Lipinski definition) is 1. The van der Waals surface area contributed by atoms with Crippen molar-refractivity contribution in [2.24, 2.45) is 0 Å². The molecule has 0 bridgehead atoms. The summed E-state index contributed by atoms with van der Waals surface area (Å²) in [4.78, 5) is 26.4. The largest absolute Gasteiger partial charge is 0.484 e. The van der Waals surface area contributed by atoms with Gasteiger partial charge in [0.25, 0.3) is 11.8 Å². The SMILES string of the molecule is CCO[C@](C)(CC)C(=O)Nc1ccc(OCC(=O)N2CCCCC2)cc1. The fourth-order valence-electron chi connectivity index (χ4n) is 2.92. The molecule has 0 unspecified atom stereocenters. The minimum absolute atomic E-state index is 0.0255. The molecule has 1 fully saturated rings. The van der Waals surface area contributed by atoms with Crippen molar-refractivity contribution in [1.29, 1.82) is 0 Å². The van der Waals surface area contributed by atoms with E-state index < -0.39 is 5.60 Å². The molecule has 0 aromatic heterocycles. The van der Waals surface area contributed by atoms with E-state index in [1.807, 2.05) is 18.7 Å². The van der Waals surface area contributed by atoms with Gasteiger partial charge in [0.05, 0.1) is 0 Å². The summed E-state index contributed by atoms with van der Waals surface area (Å²) in [5.41, 5.74) is -0.172. The van der Waals surface area contributed by atoms with Gasteiger partial charge in [-0.1, -0.05) is 6.92 Å². The molecule has 26 heavy (non-hydrogen) atoms. The molecule has 1 aliphatic rings. The molecule has 0 aliphatic carbocycles. The van der Waals surface area contributed by atoms with Crippen LogP contribution >= 0.6 is 0 Å². The second-order valence-corrected chi connectivity index (χ2v) is 6.73. The maximum absolute atomic E-state index is 12.4. The first-order valence-electron chi connectivity index (χ1n) is 9.44. The molecular weight excluding hydrogens is 332 g/mol. The third-order valence-corrected chi connectivity index (χ3v) is 4.80. The molecule has 1 atom stereocenters. The van der Waals surface area contributed by atoms with Crippen LogP contribution in [0.2, 0.25) is 0 Å². The van der Waals surface area contributed by atoms with Crippen LogP contribution in [-0.2, 0) is 14.3 Å². The highest BCUT2D eigenvalue weighted by Crippen LogP contribution is 2.21. The number of likely N-dealkylation sites (tertiary alicyclic amines) is 1. The van der Waals surface area contributed by atoms with Gasteiger partial charge in [-0.05, 0) is 63.8 Å². The zero-order valence-electron chi connectivity index (χ0n) is 16.0. The molecular formula is C20H30N2O4. The number of amides is 2. The predicted molar refractivity (Wildman–Crippen MR) is 101 cm³/mol. The van der Waals surface area contributed by atoms with Crippen molar-refractivity contribution >= 4 is 17.5 Å². The number of carbonyl (C=O) groups is 2. The van der Waals surface area contributed by atoms with E-state index in [4.69, 9.17) is 9.47 Å². The number of benzene rings is 1. The number of hydrogen-bond acceptors (Lipinski definition) is 4. The highest BCUT2D eigenvalue weighted by atomic mass is 16.5. The number of nitrogens with one attached hydrogen (secondary N) is 1. The van der Waals surface area contributed by atoms with E-state index in [-0.39, 0.29) is 18.4 Å². The van der Waals surface area contributed by atoms with Crippen LogP contribution in [0.25, 0.3) is 0 Å². The molecule has 0 saturated carbocycles. The minimum atomic E-state index is -0.842. The molecule has 0 spiro atoms. The van der Waals surface area contributed by atoms with E-state index in [2.05, 4.69) is 5.32 Å². The van der Waals surface area contributed by atoms with Gasteiger partial charge in [-0.15, -0.1) is 0 Å². The number of ether oxygens (including phenoxy) is 2. The van der Waals surface area contributed by atoms with Gasteiger partial charge in [0.1, 0.15) is 11.4 Å². The Balaban J connectivity index is 1.85. The van der Waals surface area contributed by atoms with Crippen LogP contribution in [0.1, 0.15) is 46.5 Å². The van der Waals surface area contributed by atoms with Crippen LogP contribution in [0.15, 0.2) is 24.3 Å². The van der Waals surface area contributed by atoms with Gasteiger partial charge in [-0.2, -0.15) is 0 Å². The molecule has 1 aliphatic heterocycles. The lowest BCUT2D eigenvalue weighted by Crippen LogP contribution is -2.42. The van der Waals surface area contributed by atoms with Crippen molar-refractivity contribution < 1.29 is 19.1 Å². The van der Waals surface area contributed by atoms with E-state index in [0.29, 0.717) is 24.5 Å². The average molecular weight is 362 g/mol. The first-order valence-corrected chi connectivity index (χ1v) is 9.44. The Morgan fingerprint density at radius 1 is 1.12 bits per heavy atom. The second-order valence-electron chi connectivity index (χ2n) is 6.73. The standard InChI is InChI=1S/C20H30N2O4/c1-4-20(3,26-5-2)19(24)21-16-9-11-17(12-10-16)25-15-18(23)22-13-7-6-8-14-22/h9-12H,4-8,13-15H2,1-3H3,(H,21,24)/t20-/m1/s1. The number of carbonyl (C=O) groups excluding carboxylic acids is 2. The van der Waals surface area contributed by atoms with Gasteiger partial charge >= 0.3 is 0 Å². The van der Waals surface area contributed by atoms with Gasteiger partial charge in [-0.3, -0.25) is 9.59 Å². The summed E-state index contributed by atoms with van der Waals surface area (Å²) in [5, 5.41) is 2.87. The van der Waals surface area contributed by atoms with E-state index in [1.165, 1.54) is 6.42 Å². The van der Waals surface area contributed by atoms with Gasteiger partial charge in [0.15, 0.2) is 6.61 Å². The van der Waals surface area contributed by atoms with Crippen molar-refractivity contribution in [2.45, 2.75) is 52.1 Å². The maximum atomic E-state index is 12.4. The van der Waals surface area contributed by atoms with E-state index in [0.717, 1.165) is 25.9 Å². The molecule has 2 rings (SSSR count). The summed E-state index contributed by atoms with van der Waals surface area (Å²) in [7, 11) is 0. The van der Waals surface area contributed by atoms with Crippen molar-refractivity contribution in [1.82, 2.24) is 4.90 Å². The number of rotatable bonds is 8. The highest BCUT2D eigenvalue weighted by molar-refractivity contribution is 5.97. The third kappa shape index (κ3) is 5.46. The molecule has 144 valence electrons.